The van der Waals surface area contributed by atoms with Crippen molar-refractivity contribution in [1.29, 1.82) is 0 Å². The van der Waals surface area contributed by atoms with Crippen molar-refractivity contribution in [3.05, 3.63) is 0 Å². The minimum Gasteiger partial charge on any atom is -0.379 e. The Balaban J connectivity index is 2.09. The molecule has 1 aliphatic rings. The summed E-state index contributed by atoms with van der Waals surface area (Å²) in [6, 6.07) is 0.595. The van der Waals surface area contributed by atoms with E-state index in [2.05, 4.69) is 39.9 Å². The van der Waals surface area contributed by atoms with E-state index < -0.39 is 0 Å². The molecule has 1 fully saturated rings. The molecule has 0 radical (unpaired) electrons. The first-order valence-electron chi connectivity index (χ1n) is 6.95. The normalized spacial score (nSPS) is 27.2. The van der Waals surface area contributed by atoms with Gasteiger partial charge in [0, 0.05) is 24.7 Å². The number of rotatable bonds is 8. The molecule has 17 heavy (non-hydrogen) atoms. The predicted octanol–water partition coefficient (Wildman–Crippen LogP) is 2.59. The van der Waals surface area contributed by atoms with E-state index in [4.69, 9.17) is 9.47 Å². The third-order valence-electron chi connectivity index (χ3n) is 3.71. The molecule has 0 aliphatic heterocycles. The van der Waals surface area contributed by atoms with Gasteiger partial charge in [0.05, 0.1) is 12.2 Å². The second kappa shape index (κ2) is 6.72. The van der Waals surface area contributed by atoms with Crippen molar-refractivity contribution in [3.8, 4) is 0 Å². The molecule has 0 aromatic heterocycles. The largest absolute Gasteiger partial charge is 0.379 e. The lowest BCUT2D eigenvalue weighted by molar-refractivity contribution is -0.114. The summed E-state index contributed by atoms with van der Waals surface area (Å²) >= 11 is 0. The minimum atomic E-state index is 0.273. The lowest BCUT2D eigenvalue weighted by Gasteiger charge is -2.52. The molecule has 0 bridgehead atoms. The zero-order valence-electron chi connectivity index (χ0n) is 12.1. The first kappa shape index (κ1) is 14.9. The summed E-state index contributed by atoms with van der Waals surface area (Å²) in [5.74, 6) is 0. The Kier molecular flexibility index (Phi) is 5.90. The highest BCUT2D eigenvalue weighted by Gasteiger charge is 2.48. The Labute approximate surface area is 106 Å². The van der Waals surface area contributed by atoms with Crippen LogP contribution in [0.25, 0.3) is 0 Å². The van der Waals surface area contributed by atoms with Crippen LogP contribution in [0, 0.1) is 5.41 Å². The fourth-order valence-electron chi connectivity index (χ4n) is 2.38. The van der Waals surface area contributed by atoms with Crippen molar-refractivity contribution in [1.82, 2.24) is 5.32 Å². The monoisotopic (exact) mass is 243 g/mol. The third kappa shape index (κ3) is 4.23. The van der Waals surface area contributed by atoms with Gasteiger partial charge in [-0.25, -0.2) is 0 Å². The highest BCUT2D eigenvalue weighted by Crippen LogP contribution is 2.42. The molecule has 102 valence electrons. The molecule has 3 heteroatoms. The Bertz CT molecular complexity index is 216. The van der Waals surface area contributed by atoms with Gasteiger partial charge < -0.3 is 14.8 Å². The Hall–Kier alpha value is -0.120. The van der Waals surface area contributed by atoms with Crippen LogP contribution >= 0.6 is 0 Å². The van der Waals surface area contributed by atoms with E-state index in [-0.39, 0.29) is 5.41 Å². The summed E-state index contributed by atoms with van der Waals surface area (Å²) in [6.45, 7) is 13.5. The molecule has 0 aromatic rings. The first-order chi connectivity index (χ1) is 7.98. The van der Waals surface area contributed by atoms with E-state index in [9.17, 15) is 0 Å². The van der Waals surface area contributed by atoms with Crippen LogP contribution in [0.3, 0.4) is 0 Å². The maximum Gasteiger partial charge on any atom is 0.0655 e. The SMILES string of the molecule is CCOC1CC(NCCCOC(C)C)C1(C)C. The highest BCUT2D eigenvalue weighted by atomic mass is 16.5. The maximum atomic E-state index is 5.72. The fraction of sp³-hybridized carbons (Fsp3) is 1.00. The molecular weight excluding hydrogens is 214 g/mol. The molecule has 2 atom stereocenters. The van der Waals surface area contributed by atoms with E-state index in [0.29, 0.717) is 18.2 Å². The van der Waals surface area contributed by atoms with Gasteiger partial charge in [-0.1, -0.05) is 13.8 Å². The second-order valence-corrected chi connectivity index (χ2v) is 5.78. The van der Waals surface area contributed by atoms with Crippen molar-refractivity contribution in [2.45, 2.75) is 65.7 Å². The van der Waals surface area contributed by atoms with Crippen molar-refractivity contribution < 1.29 is 9.47 Å². The van der Waals surface area contributed by atoms with Crippen LogP contribution in [0.1, 0.15) is 47.5 Å². The smallest absolute Gasteiger partial charge is 0.0655 e. The van der Waals surface area contributed by atoms with Gasteiger partial charge in [0.15, 0.2) is 0 Å². The fourth-order valence-corrected chi connectivity index (χ4v) is 2.38. The molecule has 1 saturated carbocycles. The lowest BCUT2D eigenvalue weighted by atomic mass is 9.64. The lowest BCUT2D eigenvalue weighted by Crippen LogP contribution is -2.61. The average molecular weight is 243 g/mol. The summed E-state index contributed by atoms with van der Waals surface area (Å²) in [7, 11) is 0. The Morgan fingerprint density at radius 2 is 2.06 bits per heavy atom. The van der Waals surface area contributed by atoms with Gasteiger partial charge in [0.25, 0.3) is 0 Å². The number of hydrogen-bond donors (Lipinski definition) is 1. The van der Waals surface area contributed by atoms with Crippen LogP contribution in [0.5, 0.6) is 0 Å². The topological polar surface area (TPSA) is 30.5 Å². The zero-order chi connectivity index (χ0) is 12.9. The van der Waals surface area contributed by atoms with Crippen molar-refractivity contribution in [3.63, 3.8) is 0 Å². The standard InChI is InChI=1S/C14H29NO2/c1-6-16-13-10-12(14(13,4)5)15-8-7-9-17-11(2)3/h11-13,15H,6-10H2,1-5H3. The molecule has 0 saturated heterocycles. The van der Waals surface area contributed by atoms with E-state index >= 15 is 0 Å². The second-order valence-electron chi connectivity index (χ2n) is 5.78. The van der Waals surface area contributed by atoms with Gasteiger partial charge in [-0.15, -0.1) is 0 Å². The van der Waals surface area contributed by atoms with Crippen molar-refractivity contribution in [2.75, 3.05) is 19.8 Å². The van der Waals surface area contributed by atoms with E-state index in [1.165, 1.54) is 0 Å². The van der Waals surface area contributed by atoms with Gasteiger partial charge in [-0.3, -0.25) is 0 Å². The zero-order valence-corrected chi connectivity index (χ0v) is 12.1. The average Bonchev–Trinajstić information content (AvgIpc) is 2.25. The molecular formula is C14H29NO2. The molecule has 0 heterocycles. The van der Waals surface area contributed by atoms with Gasteiger partial charge in [0.2, 0.25) is 0 Å². The minimum absolute atomic E-state index is 0.273. The van der Waals surface area contributed by atoms with Crippen molar-refractivity contribution >= 4 is 0 Å². The number of ether oxygens (including phenoxy) is 2. The maximum absolute atomic E-state index is 5.72. The van der Waals surface area contributed by atoms with E-state index in [1.807, 2.05) is 0 Å². The molecule has 0 amide bonds. The number of hydrogen-bond acceptors (Lipinski definition) is 3. The van der Waals surface area contributed by atoms with Crippen LogP contribution < -0.4 is 5.32 Å². The quantitative estimate of drug-likeness (QED) is 0.665. The van der Waals surface area contributed by atoms with Crippen LogP contribution in [0.15, 0.2) is 0 Å². The summed E-state index contributed by atoms with van der Waals surface area (Å²) < 4.78 is 11.2. The van der Waals surface area contributed by atoms with Crippen LogP contribution in [-0.2, 0) is 9.47 Å². The van der Waals surface area contributed by atoms with Crippen LogP contribution in [0.2, 0.25) is 0 Å². The number of nitrogens with one attached hydrogen (secondary N) is 1. The molecule has 0 spiro atoms. The predicted molar refractivity (Wildman–Crippen MR) is 71.3 cm³/mol. The summed E-state index contributed by atoms with van der Waals surface area (Å²) in [5.41, 5.74) is 0.273. The molecule has 1 N–H and O–H groups in total. The molecule has 3 nitrogen and oxygen atoms in total. The first-order valence-corrected chi connectivity index (χ1v) is 6.95. The summed E-state index contributed by atoms with van der Waals surface area (Å²) in [4.78, 5) is 0. The van der Waals surface area contributed by atoms with Gasteiger partial charge in [-0.05, 0) is 40.2 Å². The van der Waals surface area contributed by atoms with Gasteiger partial charge in [0.1, 0.15) is 0 Å². The Morgan fingerprint density at radius 1 is 1.35 bits per heavy atom. The van der Waals surface area contributed by atoms with Crippen molar-refractivity contribution in [2.24, 2.45) is 5.41 Å². The van der Waals surface area contributed by atoms with E-state index in [0.717, 1.165) is 32.6 Å². The van der Waals surface area contributed by atoms with Gasteiger partial charge >= 0.3 is 0 Å². The van der Waals surface area contributed by atoms with Gasteiger partial charge in [-0.2, -0.15) is 0 Å². The summed E-state index contributed by atoms with van der Waals surface area (Å²) in [5, 5.41) is 3.61. The van der Waals surface area contributed by atoms with E-state index in [1.54, 1.807) is 0 Å². The molecule has 2 unspecified atom stereocenters. The molecule has 1 rings (SSSR count). The highest BCUT2D eigenvalue weighted by molar-refractivity contribution is 5.02. The molecule has 1 aliphatic carbocycles. The van der Waals surface area contributed by atoms with Crippen LogP contribution in [0.4, 0.5) is 0 Å². The summed E-state index contributed by atoms with van der Waals surface area (Å²) in [6.07, 6.45) is 3.00. The third-order valence-corrected chi connectivity index (χ3v) is 3.71. The van der Waals surface area contributed by atoms with Crippen LogP contribution in [-0.4, -0.2) is 38.0 Å². The Morgan fingerprint density at radius 3 is 2.59 bits per heavy atom. The molecule has 0 aromatic carbocycles.